The molecule has 0 radical (unpaired) electrons. The zero-order valence-corrected chi connectivity index (χ0v) is 14.4. The summed E-state index contributed by atoms with van der Waals surface area (Å²) in [5, 5.41) is 13.1. The van der Waals surface area contributed by atoms with Gasteiger partial charge in [-0.15, -0.1) is 0 Å². The van der Waals surface area contributed by atoms with Gasteiger partial charge in [0.15, 0.2) is 11.6 Å². The summed E-state index contributed by atoms with van der Waals surface area (Å²) < 4.78 is 20.3. The summed E-state index contributed by atoms with van der Waals surface area (Å²) in [5.41, 5.74) is 0.763. The second kappa shape index (κ2) is 7.55. The topological polar surface area (TPSA) is 84.7 Å². The number of carboxylic acid groups (broad SMARTS) is 1. The van der Waals surface area contributed by atoms with Crippen LogP contribution in [0.4, 0.5) is 4.39 Å². The Bertz CT molecular complexity index is 813. The predicted molar refractivity (Wildman–Crippen MR) is 90.7 cm³/mol. The Kier molecular flexibility index (Phi) is 5.20. The van der Waals surface area contributed by atoms with Crippen LogP contribution >= 0.6 is 0 Å². The van der Waals surface area contributed by atoms with Crippen molar-refractivity contribution in [3.05, 3.63) is 47.5 Å². The Morgan fingerprint density at radius 3 is 2.65 bits per heavy atom. The Morgan fingerprint density at radius 1 is 1.35 bits per heavy atom. The van der Waals surface area contributed by atoms with E-state index in [0.29, 0.717) is 31.5 Å². The predicted octanol–water partition coefficient (Wildman–Crippen LogP) is 2.14. The standard InChI is InChI=1S/C18H20FN3O4/c1-26-16-3-2-12(8-15(16)19)9-17(23)21-6-4-14(5-7-21)22-11-13(10-20-22)18(24)25/h2-3,8,10-11,14H,4-7,9H2,1H3,(H,24,25). The highest BCUT2D eigenvalue weighted by atomic mass is 19.1. The minimum atomic E-state index is -1.00. The second-order valence-corrected chi connectivity index (χ2v) is 6.27. The molecule has 1 aliphatic rings. The highest BCUT2D eigenvalue weighted by Gasteiger charge is 2.25. The van der Waals surface area contributed by atoms with Gasteiger partial charge in [-0.1, -0.05) is 6.07 Å². The van der Waals surface area contributed by atoms with Crippen molar-refractivity contribution in [2.24, 2.45) is 0 Å². The number of aromatic nitrogens is 2. The number of ether oxygens (including phenoxy) is 1. The fourth-order valence-electron chi connectivity index (χ4n) is 3.13. The molecule has 26 heavy (non-hydrogen) atoms. The van der Waals surface area contributed by atoms with E-state index in [1.165, 1.54) is 31.6 Å². The molecule has 1 amide bonds. The number of carbonyl (C=O) groups excluding carboxylic acids is 1. The first kappa shape index (κ1) is 17.9. The maximum atomic E-state index is 13.7. The van der Waals surface area contributed by atoms with Crippen LogP contribution in [0.1, 0.15) is 34.8 Å². The third-order valence-electron chi connectivity index (χ3n) is 4.61. The largest absolute Gasteiger partial charge is 0.494 e. The maximum Gasteiger partial charge on any atom is 0.338 e. The molecule has 1 saturated heterocycles. The number of halogens is 1. The molecular formula is C18H20FN3O4. The molecule has 1 aliphatic heterocycles. The van der Waals surface area contributed by atoms with Crippen molar-refractivity contribution in [3.63, 3.8) is 0 Å². The van der Waals surface area contributed by atoms with Crippen LogP contribution in [-0.4, -0.2) is 51.9 Å². The zero-order chi connectivity index (χ0) is 18.7. The van der Waals surface area contributed by atoms with Gasteiger partial charge in [0, 0.05) is 19.3 Å². The number of hydrogen-bond donors (Lipinski definition) is 1. The van der Waals surface area contributed by atoms with Gasteiger partial charge in [0.05, 0.1) is 31.3 Å². The molecular weight excluding hydrogens is 341 g/mol. The monoisotopic (exact) mass is 361 g/mol. The van der Waals surface area contributed by atoms with Gasteiger partial charge < -0.3 is 14.7 Å². The number of methoxy groups -OCH3 is 1. The smallest absolute Gasteiger partial charge is 0.338 e. The van der Waals surface area contributed by atoms with E-state index in [2.05, 4.69) is 5.10 Å². The molecule has 7 nitrogen and oxygen atoms in total. The van der Waals surface area contributed by atoms with Crippen LogP contribution in [-0.2, 0) is 11.2 Å². The molecule has 1 fully saturated rings. The first-order valence-corrected chi connectivity index (χ1v) is 8.35. The number of nitrogens with zero attached hydrogens (tertiary/aromatic N) is 3. The second-order valence-electron chi connectivity index (χ2n) is 6.27. The molecule has 0 saturated carbocycles. The van der Waals surface area contributed by atoms with Crippen LogP contribution in [0.25, 0.3) is 0 Å². The number of amides is 1. The van der Waals surface area contributed by atoms with Crippen LogP contribution in [0.5, 0.6) is 5.75 Å². The Morgan fingerprint density at radius 2 is 2.08 bits per heavy atom. The fourth-order valence-corrected chi connectivity index (χ4v) is 3.13. The molecule has 0 aliphatic carbocycles. The first-order valence-electron chi connectivity index (χ1n) is 8.35. The lowest BCUT2D eigenvalue weighted by Gasteiger charge is -2.32. The van der Waals surface area contributed by atoms with E-state index < -0.39 is 11.8 Å². The molecule has 3 rings (SSSR count). The fraction of sp³-hybridized carbons (Fsp3) is 0.389. The third-order valence-corrected chi connectivity index (χ3v) is 4.61. The molecule has 2 aromatic rings. The minimum absolute atomic E-state index is 0.0558. The van der Waals surface area contributed by atoms with Crippen molar-refractivity contribution in [1.82, 2.24) is 14.7 Å². The van der Waals surface area contributed by atoms with Gasteiger partial charge in [0.1, 0.15) is 0 Å². The number of likely N-dealkylation sites (tertiary alicyclic amines) is 1. The normalized spacial score (nSPS) is 15.1. The van der Waals surface area contributed by atoms with Gasteiger partial charge in [-0.05, 0) is 30.5 Å². The summed E-state index contributed by atoms with van der Waals surface area (Å²) in [6, 6.07) is 4.59. The quantitative estimate of drug-likeness (QED) is 0.882. The van der Waals surface area contributed by atoms with Crippen molar-refractivity contribution in [1.29, 1.82) is 0 Å². The number of rotatable bonds is 5. The average molecular weight is 361 g/mol. The molecule has 1 aromatic heterocycles. The van der Waals surface area contributed by atoms with Crippen molar-refractivity contribution >= 4 is 11.9 Å². The number of aromatic carboxylic acids is 1. The highest BCUT2D eigenvalue weighted by Crippen LogP contribution is 2.23. The summed E-state index contributed by atoms with van der Waals surface area (Å²) in [4.78, 5) is 25.1. The van der Waals surface area contributed by atoms with Crippen molar-refractivity contribution < 1.29 is 23.8 Å². The van der Waals surface area contributed by atoms with Crippen molar-refractivity contribution in [2.75, 3.05) is 20.2 Å². The molecule has 1 aromatic carbocycles. The van der Waals surface area contributed by atoms with E-state index in [-0.39, 0.29) is 29.7 Å². The Hall–Kier alpha value is -2.90. The lowest BCUT2D eigenvalue weighted by molar-refractivity contribution is -0.131. The van der Waals surface area contributed by atoms with E-state index in [1.54, 1.807) is 15.6 Å². The lowest BCUT2D eigenvalue weighted by atomic mass is 10.0. The lowest BCUT2D eigenvalue weighted by Crippen LogP contribution is -2.40. The van der Waals surface area contributed by atoms with Crippen molar-refractivity contribution in [3.8, 4) is 5.75 Å². The van der Waals surface area contributed by atoms with E-state index >= 15 is 0 Å². The number of carbonyl (C=O) groups is 2. The van der Waals surface area contributed by atoms with E-state index in [9.17, 15) is 14.0 Å². The first-order chi connectivity index (χ1) is 12.5. The molecule has 0 spiro atoms. The number of hydrogen-bond acceptors (Lipinski definition) is 4. The average Bonchev–Trinajstić information content (AvgIpc) is 3.12. The maximum absolute atomic E-state index is 13.7. The molecule has 0 unspecified atom stereocenters. The van der Waals surface area contributed by atoms with E-state index in [1.807, 2.05) is 0 Å². The summed E-state index contributed by atoms with van der Waals surface area (Å²) in [5.74, 6) is -1.39. The van der Waals surface area contributed by atoms with Crippen LogP contribution < -0.4 is 4.74 Å². The van der Waals surface area contributed by atoms with Gasteiger partial charge in [-0.3, -0.25) is 9.48 Å². The Labute approximate surface area is 150 Å². The third kappa shape index (κ3) is 3.84. The number of carboxylic acids is 1. The number of benzene rings is 1. The van der Waals surface area contributed by atoms with Gasteiger partial charge >= 0.3 is 5.97 Å². The van der Waals surface area contributed by atoms with Crippen LogP contribution in [0.15, 0.2) is 30.6 Å². The molecule has 0 bridgehead atoms. The molecule has 2 heterocycles. The van der Waals surface area contributed by atoms with Crippen molar-refractivity contribution in [2.45, 2.75) is 25.3 Å². The minimum Gasteiger partial charge on any atom is -0.494 e. The molecule has 8 heteroatoms. The summed E-state index contributed by atoms with van der Waals surface area (Å²) in [6.45, 7) is 1.12. The summed E-state index contributed by atoms with van der Waals surface area (Å²) in [7, 11) is 1.40. The summed E-state index contributed by atoms with van der Waals surface area (Å²) in [6.07, 6.45) is 4.38. The zero-order valence-electron chi connectivity index (χ0n) is 14.4. The molecule has 1 N–H and O–H groups in total. The Balaban J connectivity index is 1.56. The highest BCUT2D eigenvalue weighted by molar-refractivity contribution is 5.86. The summed E-state index contributed by atoms with van der Waals surface area (Å²) >= 11 is 0. The SMILES string of the molecule is COc1ccc(CC(=O)N2CCC(n3cc(C(=O)O)cn3)CC2)cc1F. The molecule has 138 valence electrons. The van der Waals surface area contributed by atoms with E-state index in [0.717, 1.165) is 0 Å². The van der Waals surface area contributed by atoms with E-state index in [4.69, 9.17) is 9.84 Å². The number of piperidine rings is 1. The van der Waals surface area contributed by atoms with Gasteiger partial charge in [-0.2, -0.15) is 5.10 Å². The van der Waals surface area contributed by atoms with Gasteiger partial charge in [-0.25, -0.2) is 9.18 Å². The van der Waals surface area contributed by atoms with Gasteiger partial charge in [0.2, 0.25) is 5.91 Å². The van der Waals surface area contributed by atoms with Crippen LogP contribution in [0, 0.1) is 5.82 Å². The van der Waals surface area contributed by atoms with Gasteiger partial charge in [0.25, 0.3) is 0 Å². The van der Waals surface area contributed by atoms with Crippen LogP contribution in [0.2, 0.25) is 0 Å². The van der Waals surface area contributed by atoms with Crippen LogP contribution in [0.3, 0.4) is 0 Å². The molecule has 0 atom stereocenters.